The molecule has 0 saturated carbocycles. The Morgan fingerprint density at radius 3 is 1.22 bits per heavy atom. The molecule has 0 radical (unpaired) electrons. The maximum Gasteiger partial charge on any atom is 0.259 e. The smallest absolute Gasteiger partial charge is 0.259 e. The van der Waals surface area contributed by atoms with E-state index in [0.717, 1.165) is 0 Å². The van der Waals surface area contributed by atoms with Crippen LogP contribution in [-0.2, 0) is 10.8 Å². The summed E-state index contributed by atoms with van der Waals surface area (Å²) in [6.07, 6.45) is 0. The van der Waals surface area contributed by atoms with Gasteiger partial charge in [0, 0.05) is 32.9 Å². The summed E-state index contributed by atoms with van der Waals surface area (Å²) in [6, 6.07) is 19.8. The normalized spacial score (nSPS) is 12.8. The van der Waals surface area contributed by atoms with Crippen molar-refractivity contribution in [1.29, 1.82) is 5.41 Å². The van der Waals surface area contributed by atoms with Gasteiger partial charge in [-0.05, 0) is 93.6 Å². The zero-order valence-electron chi connectivity index (χ0n) is 40.7. The van der Waals surface area contributed by atoms with Gasteiger partial charge in [-0.15, -0.1) is 15.3 Å². The maximum atomic E-state index is 11.9. The number of nitrogens with zero attached hydrogens (tertiary/aromatic N) is 13. The summed E-state index contributed by atoms with van der Waals surface area (Å²) in [4.78, 5) is 49.9. The Bertz CT molecular complexity index is 2930. The first-order chi connectivity index (χ1) is 32.2. The largest absolute Gasteiger partial charge is 0.383 e. The number of nitrogen functional groups attached to an aromatic ring is 2. The van der Waals surface area contributed by atoms with E-state index in [1.807, 2.05) is 62.3 Å². The number of rotatable bonds is 14. The maximum absolute atomic E-state index is 11.9. The average molecular weight is 933 g/mol. The Morgan fingerprint density at radius 2 is 0.899 bits per heavy atom. The molecule has 3 heterocycles. The number of hydrogen-bond donors (Lipinski definition) is 5. The van der Waals surface area contributed by atoms with Crippen LogP contribution >= 0.6 is 0 Å². The summed E-state index contributed by atoms with van der Waals surface area (Å²) in [7, 11) is 0. The molecule has 0 unspecified atom stereocenters. The van der Waals surface area contributed by atoms with E-state index in [-0.39, 0.29) is 75.4 Å². The van der Waals surface area contributed by atoms with Gasteiger partial charge in [0.1, 0.15) is 11.5 Å². The molecule has 3 aromatic heterocycles. The lowest BCUT2D eigenvalue weighted by molar-refractivity contribution is 0.100. The molecule has 0 aliphatic heterocycles. The van der Waals surface area contributed by atoms with Crippen molar-refractivity contribution in [2.75, 3.05) is 16.8 Å². The van der Waals surface area contributed by atoms with E-state index in [1.54, 1.807) is 72.8 Å². The average Bonchev–Trinajstić information content (AvgIpc) is 3.80. The Balaban J connectivity index is 1.56. The number of aromatic nitrogens is 7. The summed E-state index contributed by atoms with van der Waals surface area (Å²) >= 11 is 0. The molecule has 0 spiro atoms. The van der Waals surface area contributed by atoms with Gasteiger partial charge in [-0.2, -0.15) is 49.9 Å². The summed E-state index contributed by atoms with van der Waals surface area (Å²) in [5.74, 6) is -0.786. The van der Waals surface area contributed by atoms with Gasteiger partial charge in [0.15, 0.2) is 40.4 Å². The van der Waals surface area contributed by atoms with E-state index in [0.29, 0.717) is 45.1 Å². The van der Waals surface area contributed by atoms with Crippen LogP contribution in [0.1, 0.15) is 126 Å². The van der Waals surface area contributed by atoms with Crippen LogP contribution in [0.5, 0.6) is 0 Å². The molecule has 0 amide bonds. The Morgan fingerprint density at radius 1 is 0.551 bits per heavy atom. The third-order valence-corrected chi connectivity index (χ3v) is 10.3. The van der Waals surface area contributed by atoms with Gasteiger partial charge in [0.2, 0.25) is 5.95 Å². The predicted octanol–water partition coefficient (Wildman–Crippen LogP) is 10.8. The van der Waals surface area contributed by atoms with Gasteiger partial charge in [-0.1, -0.05) is 62.3 Å². The standard InChI is InChI=1S/C48H56N18O3/c1-25(67)28-13-19-31(20-14-28)57-60-34(37(49)46(4,5)6)40(50)53-43-54-44(65-41(51)35(38(63-65)47(7,8)9)61-58-32-21-15-29(16-22-32)26(2)68)56-45(55-43)66-42(52)36(39(64-66)48(10,11)12)62-59-33-23-17-30(18-24-33)27(3)69/h13-24,49H,50-52H2,1-12H3,(H,53,54,55,56)/b40-34+,49-37?,60-57+,61-58+,62-59+. The minimum Gasteiger partial charge on any atom is -0.383 e. The van der Waals surface area contributed by atoms with Crippen LogP contribution in [0, 0.1) is 10.8 Å². The molecule has 3 aromatic carbocycles. The molecule has 0 aliphatic carbocycles. The SMILES string of the molecule is CC(=O)c1ccc(/N=N/C(C(=N)C(C)(C)C)=C(\N)Nc2nc(-n3nc(C(C)(C)C)c(/N=N/c4ccc(C(C)=O)cc4)c3N)nc(-n3nc(C(C)(C)C)c(/N=N/c4ccc(C(C)=O)cc4)c3N)n2)cc1. The lowest BCUT2D eigenvalue weighted by Crippen LogP contribution is -2.26. The minimum atomic E-state index is -0.755. The third-order valence-electron chi connectivity index (χ3n) is 10.3. The zero-order valence-corrected chi connectivity index (χ0v) is 40.7. The summed E-state index contributed by atoms with van der Waals surface area (Å²) < 4.78 is 2.56. The summed E-state index contributed by atoms with van der Waals surface area (Å²) in [5.41, 5.74) is 22.8. The Labute approximate surface area is 399 Å². The molecule has 0 fully saturated rings. The molecular weight excluding hydrogens is 877 g/mol. The van der Waals surface area contributed by atoms with Crippen LogP contribution in [0.3, 0.4) is 0 Å². The molecule has 21 heteroatoms. The number of carbonyl (C=O) groups is 3. The number of hydrogen-bond acceptors (Lipinski definition) is 19. The zero-order chi connectivity index (χ0) is 50.7. The van der Waals surface area contributed by atoms with Crippen molar-refractivity contribution in [3.8, 4) is 11.9 Å². The fourth-order valence-electron chi connectivity index (χ4n) is 6.34. The van der Waals surface area contributed by atoms with Gasteiger partial charge in [-0.3, -0.25) is 14.4 Å². The van der Waals surface area contributed by atoms with E-state index in [1.165, 1.54) is 30.1 Å². The van der Waals surface area contributed by atoms with E-state index >= 15 is 0 Å². The number of anilines is 3. The second kappa shape index (κ2) is 19.4. The van der Waals surface area contributed by atoms with Crippen molar-refractivity contribution < 1.29 is 14.4 Å². The quantitative estimate of drug-likeness (QED) is 0.0387. The second-order valence-electron chi connectivity index (χ2n) is 19.2. The monoisotopic (exact) mass is 932 g/mol. The van der Waals surface area contributed by atoms with Crippen molar-refractivity contribution >= 4 is 69.1 Å². The Kier molecular flexibility index (Phi) is 14.0. The van der Waals surface area contributed by atoms with E-state index in [2.05, 4.69) is 36.0 Å². The summed E-state index contributed by atoms with van der Waals surface area (Å²) in [5, 5.41) is 48.5. The van der Waals surface area contributed by atoms with Gasteiger partial charge in [-0.25, -0.2) is 0 Å². The molecule has 356 valence electrons. The van der Waals surface area contributed by atoms with Crippen LogP contribution in [0.15, 0.2) is 115 Å². The van der Waals surface area contributed by atoms with E-state index in [4.69, 9.17) is 47.8 Å². The van der Waals surface area contributed by atoms with Crippen molar-refractivity contribution in [3.63, 3.8) is 0 Å². The van der Waals surface area contributed by atoms with Crippen LogP contribution in [0.4, 0.5) is 46.0 Å². The van der Waals surface area contributed by atoms with Crippen molar-refractivity contribution in [2.24, 2.45) is 41.8 Å². The van der Waals surface area contributed by atoms with E-state index < -0.39 is 16.2 Å². The first-order valence-electron chi connectivity index (χ1n) is 21.7. The molecule has 0 atom stereocenters. The third kappa shape index (κ3) is 11.6. The molecule has 0 aliphatic rings. The fourth-order valence-corrected chi connectivity index (χ4v) is 6.34. The highest BCUT2D eigenvalue weighted by Gasteiger charge is 2.31. The van der Waals surface area contributed by atoms with Crippen molar-refractivity contribution in [2.45, 2.75) is 93.9 Å². The lowest BCUT2D eigenvalue weighted by atomic mass is 9.88. The van der Waals surface area contributed by atoms with Gasteiger partial charge in [0.25, 0.3) is 11.9 Å². The Hall–Kier alpha value is -8.49. The topological polar surface area (TPSA) is 314 Å². The molecule has 0 bridgehead atoms. The molecule has 21 nitrogen and oxygen atoms in total. The number of ketones is 3. The van der Waals surface area contributed by atoms with Crippen LogP contribution in [0.2, 0.25) is 0 Å². The first-order valence-corrected chi connectivity index (χ1v) is 21.7. The first kappa shape index (κ1) is 49.9. The molecule has 0 saturated heterocycles. The van der Waals surface area contributed by atoms with Gasteiger partial charge in [0.05, 0.1) is 34.2 Å². The molecule has 69 heavy (non-hydrogen) atoms. The van der Waals surface area contributed by atoms with Crippen molar-refractivity contribution in [1.82, 2.24) is 34.5 Å². The molecule has 8 N–H and O–H groups in total. The van der Waals surface area contributed by atoms with Gasteiger partial charge >= 0.3 is 0 Å². The van der Waals surface area contributed by atoms with E-state index in [9.17, 15) is 14.4 Å². The number of benzene rings is 3. The highest BCUT2D eigenvalue weighted by molar-refractivity contribution is 6.02. The van der Waals surface area contributed by atoms with Crippen LogP contribution in [-0.4, -0.2) is 57.6 Å². The highest BCUT2D eigenvalue weighted by Crippen LogP contribution is 2.40. The number of nitrogens with two attached hydrogens (primary N) is 3. The van der Waals surface area contributed by atoms with Crippen molar-refractivity contribution in [3.05, 3.63) is 112 Å². The molecular formula is C48H56N18O3. The minimum absolute atomic E-state index is 0.0181. The highest BCUT2D eigenvalue weighted by atomic mass is 16.1. The van der Waals surface area contributed by atoms with Crippen LogP contribution < -0.4 is 22.5 Å². The number of allylic oxidation sites excluding steroid dienone is 1. The molecule has 6 aromatic rings. The van der Waals surface area contributed by atoms with Gasteiger partial charge < -0.3 is 27.9 Å². The number of nitrogens with one attached hydrogen (secondary N) is 2. The molecule has 6 rings (SSSR count). The lowest BCUT2D eigenvalue weighted by Gasteiger charge is -2.21. The number of Topliss-reactive ketones (excluding diaryl/α,β-unsaturated/α-hetero) is 3. The second-order valence-corrected chi connectivity index (χ2v) is 19.2. The number of carbonyl (C=O) groups excluding carboxylic acids is 3. The fraction of sp³-hybridized carbons (Fsp3) is 0.312. The van der Waals surface area contributed by atoms with Crippen LogP contribution in [0.25, 0.3) is 11.9 Å². The summed E-state index contributed by atoms with van der Waals surface area (Å²) in [6.45, 7) is 21.5. The number of azo groups is 3. The predicted molar refractivity (Wildman–Crippen MR) is 265 cm³/mol.